The topological polar surface area (TPSA) is 64.8 Å². The van der Waals surface area contributed by atoms with E-state index in [2.05, 4.69) is 6.92 Å². The van der Waals surface area contributed by atoms with Gasteiger partial charge in [0.15, 0.2) is 0 Å². The van der Waals surface area contributed by atoms with Crippen LogP contribution in [0.4, 0.5) is 0 Å². The van der Waals surface area contributed by atoms with E-state index in [1.165, 1.54) is 0 Å². The highest BCUT2D eigenvalue weighted by atomic mass is 35.5. The number of halogens is 1. The molecular formula is C16H25ClN2O3. The smallest absolute Gasteiger partial charge is 0.254 e. The largest absolute Gasteiger partial charge is 0.491 e. The van der Waals surface area contributed by atoms with Crippen molar-refractivity contribution in [2.45, 2.75) is 19.4 Å². The Hall–Kier alpha value is -1.30. The second kappa shape index (κ2) is 8.98. The monoisotopic (exact) mass is 328 g/mol. The molecule has 2 rings (SSSR count). The Morgan fingerprint density at radius 3 is 2.55 bits per heavy atom. The zero-order valence-electron chi connectivity index (χ0n) is 13.2. The van der Waals surface area contributed by atoms with Crippen LogP contribution in [0, 0.1) is 5.92 Å². The van der Waals surface area contributed by atoms with Gasteiger partial charge in [0.25, 0.3) is 5.91 Å². The lowest BCUT2D eigenvalue weighted by atomic mass is 10.1. The highest BCUT2D eigenvalue weighted by molar-refractivity contribution is 5.94. The van der Waals surface area contributed by atoms with E-state index in [9.17, 15) is 4.79 Å². The third-order valence-corrected chi connectivity index (χ3v) is 3.91. The number of amides is 1. The Labute approximate surface area is 138 Å². The molecule has 1 saturated heterocycles. The highest BCUT2D eigenvalue weighted by Crippen LogP contribution is 2.24. The molecule has 1 aromatic carbocycles. The van der Waals surface area contributed by atoms with Gasteiger partial charge in [0.2, 0.25) is 0 Å². The van der Waals surface area contributed by atoms with Crippen LogP contribution < -0.4 is 10.5 Å². The molecule has 1 aromatic rings. The fourth-order valence-corrected chi connectivity index (χ4v) is 2.70. The molecule has 124 valence electrons. The van der Waals surface area contributed by atoms with E-state index in [1.807, 2.05) is 29.2 Å². The van der Waals surface area contributed by atoms with Crippen LogP contribution in [0.3, 0.4) is 0 Å². The van der Waals surface area contributed by atoms with E-state index in [0.717, 1.165) is 18.7 Å². The van der Waals surface area contributed by atoms with Crippen LogP contribution in [0.15, 0.2) is 24.3 Å². The van der Waals surface area contributed by atoms with E-state index in [4.69, 9.17) is 15.2 Å². The molecule has 0 saturated carbocycles. The Kier molecular flexibility index (Phi) is 7.65. The number of nitrogens with zero attached hydrogens (tertiary/aromatic N) is 1. The standard InChI is InChI=1S/C16H24N2O3.ClH/c1-12-9-13(10-17)11-18(12)16(19)14-3-5-15(6-4-14)21-8-7-20-2;/h3-6,12-13H,7-11,17H2,1-2H3;1H. The van der Waals surface area contributed by atoms with E-state index >= 15 is 0 Å². The number of nitrogens with two attached hydrogens (primary N) is 1. The van der Waals surface area contributed by atoms with Gasteiger partial charge < -0.3 is 20.1 Å². The van der Waals surface area contributed by atoms with Crippen molar-refractivity contribution in [1.82, 2.24) is 4.90 Å². The second-order valence-electron chi connectivity index (χ2n) is 5.51. The van der Waals surface area contributed by atoms with Crippen LogP contribution >= 0.6 is 12.4 Å². The molecule has 1 aliphatic rings. The Morgan fingerprint density at radius 1 is 1.32 bits per heavy atom. The summed E-state index contributed by atoms with van der Waals surface area (Å²) in [7, 11) is 1.64. The number of ether oxygens (including phenoxy) is 2. The third kappa shape index (κ3) is 4.60. The third-order valence-electron chi connectivity index (χ3n) is 3.91. The lowest BCUT2D eigenvalue weighted by molar-refractivity contribution is 0.0743. The van der Waals surface area contributed by atoms with Crippen molar-refractivity contribution in [3.05, 3.63) is 29.8 Å². The summed E-state index contributed by atoms with van der Waals surface area (Å²) >= 11 is 0. The van der Waals surface area contributed by atoms with Crippen molar-refractivity contribution in [2.75, 3.05) is 33.4 Å². The van der Waals surface area contributed by atoms with Gasteiger partial charge in [-0.05, 0) is 50.1 Å². The number of carbonyl (C=O) groups is 1. The van der Waals surface area contributed by atoms with Gasteiger partial charge in [-0.3, -0.25) is 4.79 Å². The van der Waals surface area contributed by atoms with Gasteiger partial charge in [-0.15, -0.1) is 12.4 Å². The maximum Gasteiger partial charge on any atom is 0.254 e. The minimum Gasteiger partial charge on any atom is -0.491 e. The van der Waals surface area contributed by atoms with Crippen molar-refractivity contribution < 1.29 is 14.3 Å². The Balaban J connectivity index is 0.00000242. The summed E-state index contributed by atoms with van der Waals surface area (Å²) in [6.07, 6.45) is 0.987. The van der Waals surface area contributed by atoms with Crippen LogP contribution in [0.1, 0.15) is 23.7 Å². The molecule has 0 spiro atoms. The van der Waals surface area contributed by atoms with E-state index in [0.29, 0.717) is 31.2 Å². The zero-order chi connectivity index (χ0) is 15.2. The number of rotatable bonds is 6. The van der Waals surface area contributed by atoms with Gasteiger partial charge >= 0.3 is 0 Å². The van der Waals surface area contributed by atoms with Gasteiger partial charge in [-0.25, -0.2) is 0 Å². The van der Waals surface area contributed by atoms with Crippen molar-refractivity contribution >= 4 is 18.3 Å². The molecule has 0 aromatic heterocycles. The van der Waals surface area contributed by atoms with Crippen LogP contribution in [-0.2, 0) is 4.74 Å². The number of carbonyl (C=O) groups excluding carboxylic acids is 1. The molecule has 2 unspecified atom stereocenters. The summed E-state index contributed by atoms with van der Waals surface area (Å²) in [4.78, 5) is 14.4. The number of hydrogen-bond donors (Lipinski definition) is 1. The minimum atomic E-state index is 0. The Bertz CT molecular complexity index is 467. The molecule has 0 aliphatic carbocycles. The lowest BCUT2D eigenvalue weighted by Crippen LogP contribution is -2.34. The molecule has 1 amide bonds. The van der Waals surface area contributed by atoms with Gasteiger partial charge in [-0.1, -0.05) is 0 Å². The Morgan fingerprint density at radius 2 is 2.00 bits per heavy atom. The van der Waals surface area contributed by atoms with Crippen molar-refractivity contribution in [2.24, 2.45) is 11.7 Å². The number of likely N-dealkylation sites (tertiary alicyclic amines) is 1. The summed E-state index contributed by atoms with van der Waals surface area (Å²) in [5.41, 5.74) is 6.40. The molecule has 0 bridgehead atoms. The molecule has 1 fully saturated rings. The molecule has 2 atom stereocenters. The van der Waals surface area contributed by atoms with Crippen molar-refractivity contribution in [3.8, 4) is 5.75 Å². The lowest BCUT2D eigenvalue weighted by Gasteiger charge is -2.21. The first-order valence-electron chi connectivity index (χ1n) is 7.38. The zero-order valence-corrected chi connectivity index (χ0v) is 14.0. The van der Waals surface area contributed by atoms with Crippen molar-refractivity contribution in [1.29, 1.82) is 0 Å². The number of benzene rings is 1. The fraction of sp³-hybridized carbons (Fsp3) is 0.562. The van der Waals surface area contributed by atoms with Gasteiger partial charge in [-0.2, -0.15) is 0 Å². The van der Waals surface area contributed by atoms with Gasteiger partial charge in [0.05, 0.1) is 6.61 Å². The quantitative estimate of drug-likeness (QED) is 0.811. The van der Waals surface area contributed by atoms with E-state index in [1.54, 1.807) is 7.11 Å². The maximum absolute atomic E-state index is 12.5. The first-order chi connectivity index (χ1) is 10.2. The van der Waals surface area contributed by atoms with Crippen LogP contribution in [0.25, 0.3) is 0 Å². The predicted molar refractivity (Wildman–Crippen MR) is 88.7 cm³/mol. The first-order valence-corrected chi connectivity index (χ1v) is 7.38. The molecular weight excluding hydrogens is 304 g/mol. The molecule has 5 nitrogen and oxygen atoms in total. The predicted octanol–water partition coefficient (Wildman–Crippen LogP) is 1.94. The van der Waals surface area contributed by atoms with E-state index in [-0.39, 0.29) is 24.4 Å². The summed E-state index contributed by atoms with van der Waals surface area (Å²) in [6.45, 7) is 4.52. The number of methoxy groups -OCH3 is 1. The van der Waals surface area contributed by atoms with Crippen molar-refractivity contribution in [3.63, 3.8) is 0 Å². The summed E-state index contributed by atoms with van der Waals surface area (Å²) in [6, 6.07) is 7.53. The van der Waals surface area contributed by atoms with Crippen LogP contribution in [0.2, 0.25) is 0 Å². The average molecular weight is 329 g/mol. The van der Waals surface area contributed by atoms with E-state index < -0.39 is 0 Å². The van der Waals surface area contributed by atoms with Crippen LogP contribution in [-0.4, -0.2) is 50.3 Å². The molecule has 1 aliphatic heterocycles. The molecule has 22 heavy (non-hydrogen) atoms. The SMILES string of the molecule is COCCOc1ccc(C(=O)N2CC(CN)CC2C)cc1.Cl. The molecule has 1 heterocycles. The maximum atomic E-state index is 12.5. The summed E-state index contributed by atoms with van der Waals surface area (Å²) in [5.74, 6) is 1.24. The number of hydrogen-bond acceptors (Lipinski definition) is 4. The molecule has 0 radical (unpaired) electrons. The molecule has 2 N–H and O–H groups in total. The van der Waals surface area contributed by atoms with Gasteiger partial charge in [0, 0.05) is 25.3 Å². The summed E-state index contributed by atoms with van der Waals surface area (Å²) < 4.78 is 10.4. The second-order valence-corrected chi connectivity index (χ2v) is 5.51. The summed E-state index contributed by atoms with van der Waals surface area (Å²) in [5, 5.41) is 0. The van der Waals surface area contributed by atoms with Gasteiger partial charge in [0.1, 0.15) is 12.4 Å². The van der Waals surface area contributed by atoms with Crippen LogP contribution in [0.5, 0.6) is 5.75 Å². The first kappa shape index (κ1) is 18.7. The average Bonchev–Trinajstić information content (AvgIpc) is 2.89. The molecule has 6 heteroatoms. The fourth-order valence-electron chi connectivity index (χ4n) is 2.70. The minimum absolute atomic E-state index is 0. The normalized spacial score (nSPS) is 20.6. The highest BCUT2D eigenvalue weighted by Gasteiger charge is 2.31.